The van der Waals surface area contributed by atoms with Crippen molar-refractivity contribution in [1.82, 2.24) is 10.2 Å². The van der Waals surface area contributed by atoms with Crippen LogP contribution in [0.1, 0.15) is 53.9 Å². The van der Waals surface area contributed by atoms with Crippen molar-refractivity contribution in [2.75, 3.05) is 20.0 Å². The second-order valence-corrected chi connectivity index (χ2v) is 8.99. The Balaban J connectivity index is 1.38. The van der Waals surface area contributed by atoms with Gasteiger partial charge in [0.2, 0.25) is 0 Å². The summed E-state index contributed by atoms with van der Waals surface area (Å²) in [5.74, 6) is 2.05. The highest BCUT2D eigenvalue weighted by molar-refractivity contribution is 7.99. The Labute approximate surface area is 193 Å². The molecule has 4 rings (SSSR count). The number of ether oxygens (including phenoxy) is 2. The second-order valence-electron chi connectivity index (χ2n) is 7.99. The Morgan fingerprint density at radius 1 is 0.938 bits per heavy atom. The van der Waals surface area contributed by atoms with Gasteiger partial charge < -0.3 is 9.47 Å². The van der Waals surface area contributed by atoms with E-state index in [9.17, 15) is 4.79 Å². The molecule has 1 fully saturated rings. The van der Waals surface area contributed by atoms with Gasteiger partial charge in [-0.2, -0.15) is 0 Å². The van der Waals surface area contributed by atoms with Crippen LogP contribution in [0.15, 0.2) is 59.6 Å². The van der Waals surface area contributed by atoms with Gasteiger partial charge in [-0.25, -0.2) is 0 Å². The molecule has 1 saturated carbocycles. The number of ketones is 1. The molecular formula is C26H28N2O3S. The lowest BCUT2D eigenvalue weighted by molar-refractivity contribution is 0.101. The number of aromatic nitrogens is 2. The van der Waals surface area contributed by atoms with E-state index in [1.807, 2.05) is 12.1 Å². The van der Waals surface area contributed by atoms with Gasteiger partial charge in [0.1, 0.15) is 16.5 Å². The van der Waals surface area contributed by atoms with Crippen LogP contribution >= 0.6 is 11.8 Å². The number of carbonyl (C=O) groups excluding carboxylic acids is 1. The molecule has 32 heavy (non-hydrogen) atoms. The van der Waals surface area contributed by atoms with Crippen LogP contribution in [0.25, 0.3) is 11.3 Å². The van der Waals surface area contributed by atoms with E-state index in [1.165, 1.54) is 49.4 Å². The number of Topliss-reactive ketones (excluding diaryl/α,β-unsaturated/α-hetero) is 1. The van der Waals surface area contributed by atoms with Gasteiger partial charge >= 0.3 is 0 Å². The van der Waals surface area contributed by atoms with Gasteiger partial charge in [-0.1, -0.05) is 55.3 Å². The predicted octanol–water partition coefficient (Wildman–Crippen LogP) is 6.18. The maximum atomic E-state index is 12.7. The van der Waals surface area contributed by atoms with E-state index in [4.69, 9.17) is 9.47 Å². The van der Waals surface area contributed by atoms with Crippen molar-refractivity contribution in [3.05, 3.63) is 65.7 Å². The fourth-order valence-corrected chi connectivity index (χ4v) is 4.86. The first-order valence-corrected chi connectivity index (χ1v) is 12.0. The highest BCUT2D eigenvalue weighted by atomic mass is 32.2. The standard InChI is InChI=1S/C26H28N2O3S/c1-30-21-12-14-25(31-2)22(16-21)24(29)17-32-26-15-13-23(27-28-26)20-10-8-19(9-11-20)18-6-4-3-5-7-18/h8-16,18H,3-7,17H2,1-2H3. The zero-order valence-electron chi connectivity index (χ0n) is 18.5. The van der Waals surface area contributed by atoms with Crippen molar-refractivity contribution in [3.8, 4) is 22.8 Å². The summed E-state index contributed by atoms with van der Waals surface area (Å²) >= 11 is 1.36. The monoisotopic (exact) mass is 448 g/mol. The molecule has 0 amide bonds. The Kier molecular flexibility index (Phi) is 7.43. The van der Waals surface area contributed by atoms with Gasteiger partial charge in [-0.05, 0) is 54.7 Å². The molecule has 5 nitrogen and oxygen atoms in total. The number of nitrogens with zero attached hydrogens (tertiary/aromatic N) is 2. The second kappa shape index (κ2) is 10.6. The largest absolute Gasteiger partial charge is 0.497 e. The summed E-state index contributed by atoms with van der Waals surface area (Å²) in [6.45, 7) is 0. The molecule has 166 valence electrons. The molecule has 0 saturated heterocycles. The minimum atomic E-state index is -0.0464. The average Bonchev–Trinajstić information content (AvgIpc) is 2.87. The number of thioether (sulfide) groups is 1. The van der Waals surface area contributed by atoms with Crippen molar-refractivity contribution in [3.63, 3.8) is 0 Å². The van der Waals surface area contributed by atoms with Crippen LogP contribution in [-0.2, 0) is 0 Å². The Morgan fingerprint density at radius 2 is 1.72 bits per heavy atom. The number of benzene rings is 2. The summed E-state index contributed by atoms with van der Waals surface area (Å²) in [4.78, 5) is 12.7. The topological polar surface area (TPSA) is 61.3 Å². The molecule has 0 atom stereocenters. The van der Waals surface area contributed by atoms with Gasteiger partial charge in [0.25, 0.3) is 0 Å². The maximum Gasteiger partial charge on any atom is 0.177 e. The molecule has 1 aliphatic rings. The molecule has 2 aromatic carbocycles. The lowest BCUT2D eigenvalue weighted by Gasteiger charge is -2.22. The molecule has 6 heteroatoms. The predicted molar refractivity (Wildman–Crippen MR) is 128 cm³/mol. The number of carbonyl (C=O) groups is 1. The smallest absolute Gasteiger partial charge is 0.177 e. The normalized spacial score (nSPS) is 14.2. The number of methoxy groups -OCH3 is 2. The quantitative estimate of drug-likeness (QED) is 0.303. The molecular weight excluding hydrogens is 420 g/mol. The molecule has 1 aromatic heterocycles. The summed E-state index contributed by atoms with van der Waals surface area (Å²) < 4.78 is 10.5. The van der Waals surface area contributed by atoms with Crippen LogP contribution in [0.4, 0.5) is 0 Å². The van der Waals surface area contributed by atoms with E-state index in [2.05, 4.69) is 34.5 Å². The lowest BCUT2D eigenvalue weighted by atomic mass is 9.84. The Morgan fingerprint density at radius 3 is 2.38 bits per heavy atom. The Hall–Kier alpha value is -2.86. The van der Waals surface area contributed by atoms with E-state index in [1.54, 1.807) is 32.4 Å². The number of hydrogen-bond acceptors (Lipinski definition) is 6. The first-order valence-electron chi connectivity index (χ1n) is 11.0. The molecule has 3 aromatic rings. The molecule has 0 radical (unpaired) electrons. The minimum Gasteiger partial charge on any atom is -0.497 e. The first kappa shape index (κ1) is 22.3. The van der Waals surface area contributed by atoms with E-state index < -0.39 is 0 Å². The molecule has 1 heterocycles. The van der Waals surface area contributed by atoms with Crippen LogP contribution in [0.3, 0.4) is 0 Å². The number of hydrogen-bond donors (Lipinski definition) is 0. The third-order valence-corrected chi connectivity index (χ3v) is 6.90. The van der Waals surface area contributed by atoms with E-state index in [0.717, 1.165) is 11.3 Å². The number of rotatable bonds is 8. The SMILES string of the molecule is COc1ccc(OC)c(C(=O)CSc2ccc(-c3ccc(C4CCCCC4)cc3)nn2)c1. The van der Waals surface area contributed by atoms with Crippen LogP contribution in [0, 0.1) is 0 Å². The zero-order chi connectivity index (χ0) is 22.3. The van der Waals surface area contributed by atoms with Crippen LogP contribution < -0.4 is 9.47 Å². The highest BCUT2D eigenvalue weighted by Gasteiger charge is 2.16. The minimum absolute atomic E-state index is 0.0464. The van der Waals surface area contributed by atoms with Gasteiger partial charge in [0.15, 0.2) is 5.78 Å². The van der Waals surface area contributed by atoms with E-state index in [-0.39, 0.29) is 11.5 Å². The van der Waals surface area contributed by atoms with Crippen LogP contribution in [0.2, 0.25) is 0 Å². The van der Waals surface area contributed by atoms with Gasteiger partial charge in [0.05, 0.1) is 31.2 Å². The summed E-state index contributed by atoms with van der Waals surface area (Å²) in [7, 11) is 3.13. The van der Waals surface area contributed by atoms with E-state index in [0.29, 0.717) is 28.0 Å². The third-order valence-electron chi connectivity index (χ3n) is 5.98. The summed E-state index contributed by atoms with van der Waals surface area (Å²) in [6.07, 6.45) is 6.64. The highest BCUT2D eigenvalue weighted by Crippen LogP contribution is 2.33. The fourth-order valence-electron chi connectivity index (χ4n) is 4.16. The van der Waals surface area contributed by atoms with Gasteiger partial charge in [-0.3, -0.25) is 4.79 Å². The average molecular weight is 449 g/mol. The van der Waals surface area contributed by atoms with Crippen molar-refractivity contribution >= 4 is 17.5 Å². The first-order chi connectivity index (χ1) is 15.7. The fraction of sp³-hybridized carbons (Fsp3) is 0.346. The summed E-state index contributed by atoms with van der Waals surface area (Å²) in [6, 6.07) is 17.8. The van der Waals surface area contributed by atoms with Crippen molar-refractivity contribution in [1.29, 1.82) is 0 Å². The van der Waals surface area contributed by atoms with Crippen molar-refractivity contribution in [2.24, 2.45) is 0 Å². The van der Waals surface area contributed by atoms with Gasteiger partial charge in [-0.15, -0.1) is 10.2 Å². The Bertz CT molecular complexity index is 1050. The third kappa shape index (κ3) is 5.30. The molecule has 0 spiro atoms. The molecule has 0 bridgehead atoms. The van der Waals surface area contributed by atoms with E-state index >= 15 is 0 Å². The molecule has 0 aliphatic heterocycles. The van der Waals surface area contributed by atoms with Crippen LogP contribution in [0.5, 0.6) is 11.5 Å². The van der Waals surface area contributed by atoms with Crippen LogP contribution in [-0.4, -0.2) is 36.0 Å². The summed E-state index contributed by atoms with van der Waals surface area (Å²) in [5.41, 5.74) is 3.83. The zero-order valence-corrected chi connectivity index (χ0v) is 19.4. The molecule has 0 unspecified atom stereocenters. The molecule has 0 N–H and O–H groups in total. The lowest BCUT2D eigenvalue weighted by Crippen LogP contribution is -2.06. The van der Waals surface area contributed by atoms with Gasteiger partial charge in [0, 0.05) is 5.56 Å². The van der Waals surface area contributed by atoms with Crippen molar-refractivity contribution < 1.29 is 14.3 Å². The maximum absolute atomic E-state index is 12.7. The van der Waals surface area contributed by atoms with Crippen molar-refractivity contribution in [2.45, 2.75) is 43.0 Å². The summed E-state index contributed by atoms with van der Waals surface area (Å²) in [5, 5.41) is 9.40. The molecule has 1 aliphatic carbocycles.